The van der Waals surface area contributed by atoms with Gasteiger partial charge in [0.1, 0.15) is 22.3 Å². The number of hydrogen-bond acceptors (Lipinski definition) is 9. The molecule has 4 rings (SSSR count). The van der Waals surface area contributed by atoms with Crippen LogP contribution in [0.15, 0.2) is 10.8 Å². The zero-order chi connectivity index (χ0) is 22.0. The lowest BCUT2D eigenvalue weighted by Gasteiger charge is -2.30. The lowest BCUT2D eigenvalue weighted by Crippen LogP contribution is -2.38. The average molecular weight is 425 g/mol. The molecular weight excluding hydrogens is 398 g/mol. The summed E-state index contributed by atoms with van der Waals surface area (Å²) in [6.07, 6.45) is 3.86. The van der Waals surface area contributed by atoms with Gasteiger partial charge in [0.05, 0.1) is 12.8 Å². The van der Waals surface area contributed by atoms with E-state index in [0.29, 0.717) is 41.6 Å². The highest BCUT2D eigenvalue weighted by molar-refractivity contribution is 5.89. The Labute approximate surface area is 180 Å². The molecule has 0 atom stereocenters. The van der Waals surface area contributed by atoms with Crippen molar-refractivity contribution in [1.29, 1.82) is 0 Å². The minimum absolute atomic E-state index is 0.152. The van der Waals surface area contributed by atoms with E-state index in [1.807, 2.05) is 11.5 Å². The van der Waals surface area contributed by atoms with Crippen molar-refractivity contribution in [3.05, 3.63) is 11.9 Å². The topological polar surface area (TPSA) is 128 Å². The van der Waals surface area contributed by atoms with Crippen molar-refractivity contribution >= 4 is 16.9 Å². The number of nitrogens with two attached hydrogens (primary N) is 1. The van der Waals surface area contributed by atoms with Crippen LogP contribution in [0.1, 0.15) is 39.3 Å². The third-order valence-corrected chi connectivity index (χ3v) is 5.09. The van der Waals surface area contributed by atoms with Crippen molar-refractivity contribution in [2.75, 3.05) is 32.0 Å². The summed E-state index contributed by atoms with van der Waals surface area (Å²) in [5, 5.41) is 17.6. The molecule has 10 heteroatoms. The van der Waals surface area contributed by atoms with E-state index in [1.54, 1.807) is 20.0 Å². The van der Waals surface area contributed by atoms with Crippen LogP contribution in [0.4, 0.5) is 5.82 Å². The van der Waals surface area contributed by atoms with Gasteiger partial charge in [-0.1, -0.05) is 5.92 Å². The number of aromatic nitrogens is 5. The Balaban J connectivity index is 1.75. The quantitative estimate of drug-likeness (QED) is 0.429. The van der Waals surface area contributed by atoms with Crippen molar-refractivity contribution in [3.8, 4) is 29.1 Å². The van der Waals surface area contributed by atoms with Crippen LogP contribution in [-0.2, 0) is 6.54 Å². The first-order chi connectivity index (χ1) is 14.9. The number of nitrogen functional groups attached to an aromatic ring is 1. The van der Waals surface area contributed by atoms with Gasteiger partial charge in [-0.2, -0.15) is 0 Å². The Hall–Kier alpha value is -3.16. The van der Waals surface area contributed by atoms with Gasteiger partial charge in [0.25, 0.3) is 0 Å². The first kappa shape index (κ1) is 21.1. The van der Waals surface area contributed by atoms with Crippen LogP contribution < -0.4 is 10.5 Å². The lowest BCUT2D eigenvalue weighted by molar-refractivity contribution is 0.143. The van der Waals surface area contributed by atoms with Crippen LogP contribution in [-0.4, -0.2) is 66.7 Å². The molecule has 1 aliphatic heterocycles. The molecule has 3 aromatic rings. The van der Waals surface area contributed by atoms with E-state index in [-0.39, 0.29) is 5.82 Å². The molecule has 3 N–H and O–H groups in total. The van der Waals surface area contributed by atoms with Gasteiger partial charge in [-0.25, -0.2) is 14.6 Å². The van der Waals surface area contributed by atoms with Gasteiger partial charge >= 0.3 is 0 Å². The van der Waals surface area contributed by atoms with Crippen LogP contribution in [0, 0.1) is 11.8 Å². The molecule has 0 bridgehead atoms. The predicted molar refractivity (Wildman–Crippen MR) is 115 cm³/mol. The maximum absolute atomic E-state index is 10.0. The van der Waals surface area contributed by atoms with Crippen molar-refractivity contribution in [1.82, 2.24) is 29.7 Å². The van der Waals surface area contributed by atoms with Crippen LogP contribution >= 0.6 is 0 Å². The third-order valence-electron chi connectivity index (χ3n) is 5.09. The summed E-state index contributed by atoms with van der Waals surface area (Å²) >= 11 is 0. The zero-order valence-corrected chi connectivity index (χ0v) is 18.1. The van der Waals surface area contributed by atoms with Gasteiger partial charge in [0, 0.05) is 13.1 Å². The molecular formula is C21H27N7O3. The van der Waals surface area contributed by atoms with E-state index in [0.717, 1.165) is 18.5 Å². The first-order valence-corrected chi connectivity index (χ1v) is 10.5. The minimum Gasteiger partial charge on any atom is -0.490 e. The Morgan fingerprint density at radius 1 is 1.32 bits per heavy atom. The van der Waals surface area contributed by atoms with E-state index in [9.17, 15) is 5.11 Å². The Morgan fingerprint density at radius 2 is 2.13 bits per heavy atom. The van der Waals surface area contributed by atoms with Gasteiger partial charge < -0.3 is 25.0 Å². The number of aliphatic hydroxyl groups is 1. The van der Waals surface area contributed by atoms with Gasteiger partial charge in [-0.15, -0.1) is 0 Å². The van der Waals surface area contributed by atoms with Crippen molar-refractivity contribution in [3.63, 3.8) is 0 Å². The fourth-order valence-corrected chi connectivity index (χ4v) is 3.44. The van der Waals surface area contributed by atoms with Crippen LogP contribution in [0.5, 0.6) is 5.75 Å². The second kappa shape index (κ2) is 8.53. The first-order valence-electron chi connectivity index (χ1n) is 10.5. The number of hydrogen-bond donors (Lipinski definition) is 2. The van der Waals surface area contributed by atoms with E-state index >= 15 is 0 Å². The van der Waals surface area contributed by atoms with Crippen molar-refractivity contribution < 1.29 is 14.5 Å². The third kappa shape index (κ3) is 4.47. The molecule has 0 saturated carbocycles. The molecule has 1 fully saturated rings. The summed E-state index contributed by atoms with van der Waals surface area (Å²) in [6, 6.07) is 0. The number of ether oxygens (including phenoxy) is 1. The number of nitrogens with zero attached hydrogens (tertiary/aromatic N) is 6. The van der Waals surface area contributed by atoms with Gasteiger partial charge in [-0.05, 0) is 62.9 Å². The highest BCUT2D eigenvalue weighted by atomic mass is 16.6. The SMILES string of the molecule is CCn1c(-c2nonc2N)nc2c(C#CC(C)(C)O)ncc(OCCCN3CCC3)c21. The normalized spacial score (nSPS) is 14.3. The maximum Gasteiger partial charge on any atom is 0.199 e. The van der Waals surface area contributed by atoms with Gasteiger partial charge in [0.15, 0.2) is 23.1 Å². The lowest BCUT2D eigenvalue weighted by atomic mass is 10.1. The number of rotatable bonds is 7. The van der Waals surface area contributed by atoms with E-state index in [4.69, 9.17) is 20.1 Å². The van der Waals surface area contributed by atoms with E-state index in [2.05, 4.69) is 32.0 Å². The second-order valence-corrected chi connectivity index (χ2v) is 8.05. The fourth-order valence-electron chi connectivity index (χ4n) is 3.44. The maximum atomic E-state index is 10.0. The molecule has 31 heavy (non-hydrogen) atoms. The number of anilines is 1. The molecule has 0 aliphatic carbocycles. The highest BCUT2D eigenvalue weighted by Crippen LogP contribution is 2.33. The Bertz CT molecular complexity index is 1130. The van der Waals surface area contributed by atoms with Gasteiger partial charge in [0.2, 0.25) is 0 Å². The largest absolute Gasteiger partial charge is 0.490 e. The number of fused-ring (bicyclic) bond motifs is 1. The number of aryl methyl sites for hydroxylation is 1. The zero-order valence-electron chi connectivity index (χ0n) is 18.1. The number of imidazole rings is 1. The summed E-state index contributed by atoms with van der Waals surface area (Å²) in [6.45, 7) is 9.73. The molecule has 164 valence electrons. The Morgan fingerprint density at radius 3 is 2.74 bits per heavy atom. The molecule has 1 saturated heterocycles. The van der Waals surface area contributed by atoms with E-state index in [1.165, 1.54) is 19.5 Å². The number of likely N-dealkylation sites (tertiary alicyclic amines) is 1. The molecule has 4 heterocycles. The second-order valence-electron chi connectivity index (χ2n) is 8.05. The fraction of sp³-hybridized carbons (Fsp3) is 0.524. The van der Waals surface area contributed by atoms with E-state index < -0.39 is 5.60 Å². The smallest absolute Gasteiger partial charge is 0.199 e. The predicted octanol–water partition coefficient (Wildman–Crippen LogP) is 1.68. The molecule has 0 amide bonds. The summed E-state index contributed by atoms with van der Waals surface area (Å²) in [4.78, 5) is 11.6. The summed E-state index contributed by atoms with van der Waals surface area (Å²) in [5.41, 5.74) is 6.86. The molecule has 1 aliphatic rings. The number of pyridine rings is 1. The molecule has 0 unspecified atom stereocenters. The minimum atomic E-state index is -1.16. The van der Waals surface area contributed by atoms with Crippen LogP contribution in [0.2, 0.25) is 0 Å². The van der Waals surface area contributed by atoms with Crippen molar-refractivity contribution in [2.24, 2.45) is 0 Å². The van der Waals surface area contributed by atoms with Crippen molar-refractivity contribution in [2.45, 2.75) is 45.8 Å². The summed E-state index contributed by atoms with van der Waals surface area (Å²) in [7, 11) is 0. The molecule has 10 nitrogen and oxygen atoms in total. The average Bonchev–Trinajstić information content (AvgIpc) is 3.27. The molecule has 0 radical (unpaired) electrons. The molecule has 0 aromatic carbocycles. The van der Waals surface area contributed by atoms with Crippen LogP contribution in [0.3, 0.4) is 0 Å². The summed E-state index contributed by atoms with van der Waals surface area (Å²) < 4.78 is 12.8. The standard InChI is InChI=1S/C21H27N7O3/c1-4-28-18-15(30-12-6-11-27-9-5-10-27)13-23-14(7-8-21(2,3)29)16(18)24-20(28)17-19(22)26-31-25-17/h13,29H,4-6,9-12H2,1-3H3,(H2,22,26). The van der Waals surface area contributed by atoms with Gasteiger partial charge in [-0.3, -0.25) is 0 Å². The summed E-state index contributed by atoms with van der Waals surface area (Å²) in [5.74, 6) is 7.00. The monoisotopic (exact) mass is 425 g/mol. The Kier molecular flexibility index (Phi) is 5.80. The highest BCUT2D eigenvalue weighted by Gasteiger charge is 2.23. The molecule has 3 aromatic heterocycles. The van der Waals surface area contributed by atoms with Crippen LogP contribution in [0.25, 0.3) is 22.6 Å². The molecule has 0 spiro atoms.